The molecular weight excluding hydrogens is 128 g/mol. The van der Waals surface area contributed by atoms with Crippen LogP contribution in [-0.4, -0.2) is 53.6 Å². The maximum absolute atomic E-state index is 8.53. The zero-order chi connectivity index (χ0) is 7.40. The largest absolute Gasteiger partial charge is 0.396 e. The van der Waals surface area contributed by atoms with E-state index >= 15 is 0 Å². The van der Waals surface area contributed by atoms with E-state index in [-0.39, 0.29) is 6.61 Å². The summed E-state index contributed by atoms with van der Waals surface area (Å²) in [6.45, 7) is 2.20. The van der Waals surface area contributed by atoms with Gasteiger partial charge in [0.2, 0.25) is 12.4 Å². The van der Waals surface area contributed by atoms with Crippen LogP contribution < -0.4 is 0 Å². The number of rotatable bonds is 3. The number of nitrogens with zero attached hydrogens (tertiary/aromatic N) is 2. The van der Waals surface area contributed by atoms with Gasteiger partial charge in [0.25, 0.3) is 0 Å². The van der Waals surface area contributed by atoms with Crippen LogP contribution in [0.5, 0.6) is 0 Å². The molecule has 1 aliphatic heterocycles. The summed E-state index contributed by atoms with van der Waals surface area (Å²) in [6, 6.07) is 0. The number of aliphatic hydroxyl groups excluding tert-OH is 1. The first-order valence-electron chi connectivity index (χ1n) is 3.56. The van der Waals surface area contributed by atoms with Gasteiger partial charge in [-0.25, -0.2) is 0 Å². The second-order valence-electron chi connectivity index (χ2n) is 2.59. The van der Waals surface area contributed by atoms with Gasteiger partial charge in [-0.3, -0.25) is 0 Å². The van der Waals surface area contributed by atoms with Gasteiger partial charge in [0.15, 0.2) is 6.54 Å². The van der Waals surface area contributed by atoms with Gasteiger partial charge in [0, 0.05) is 13.0 Å². The van der Waals surface area contributed by atoms with Crippen LogP contribution in [-0.2, 0) is 0 Å². The molecule has 56 valence electrons. The fourth-order valence-electron chi connectivity index (χ4n) is 1.01. The van der Waals surface area contributed by atoms with E-state index in [0.29, 0.717) is 0 Å². The Morgan fingerprint density at radius 1 is 1.50 bits per heavy atom. The summed E-state index contributed by atoms with van der Waals surface area (Å²) < 4.78 is 4.29. The SMILES string of the molecule is C[N+]1=CC=[N+](CCCO)C1. The van der Waals surface area contributed by atoms with E-state index in [1.165, 1.54) is 0 Å². The van der Waals surface area contributed by atoms with E-state index in [9.17, 15) is 0 Å². The Balaban J connectivity index is 2.22. The van der Waals surface area contributed by atoms with Crippen molar-refractivity contribution in [3.8, 4) is 0 Å². The second kappa shape index (κ2) is 3.46. The molecule has 3 heteroatoms. The first kappa shape index (κ1) is 7.41. The van der Waals surface area contributed by atoms with Gasteiger partial charge >= 0.3 is 6.67 Å². The first-order chi connectivity index (χ1) is 4.83. The lowest BCUT2D eigenvalue weighted by atomic mass is 10.4. The normalized spacial score (nSPS) is 17.0. The molecule has 0 radical (unpaired) electrons. The number of hydrogen-bond acceptors (Lipinski definition) is 1. The average molecular weight is 142 g/mol. The molecule has 1 rings (SSSR count). The third kappa shape index (κ3) is 1.92. The van der Waals surface area contributed by atoms with Gasteiger partial charge in [0.1, 0.15) is 7.05 Å². The molecule has 0 fully saturated rings. The Labute approximate surface area is 60.9 Å². The Morgan fingerprint density at radius 3 is 2.80 bits per heavy atom. The Kier molecular flexibility index (Phi) is 2.57. The minimum atomic E-state index is 0.286. The fourth-order valence-corrected chi connectivity index (χ4v) is 1.01. The van der Waals surface area contributed by atoms with Crippen molar-refractivity contribution in [2.24, 2.45) is 0 Å². The molecule has 0 saturated carbocycles. The summed E-state index contributed by atoms with van der Waals surface area (Å²) in [7, 11) is 2.04. The number of aliphatic hydroxyl groups is 1. The van der Waals surface area contributed by atoms with Crippen molar-refractivity contribution in [2.75, 3.05) is 26.9 Å². The lowest BCUT2D eigenvalue weighted by molar-refractivity contribution is -0.699. The zero-order valence-electron chi connectivity index (χ0n) is 6.32. The summed E-state index contributed by atoms with van der Waals surface area (Å²) in [5, 5.41) is 8.53. The molecular formula is C7H14N2O+2. The molecule has 1 aliphatic rings. The first-order valence-corrected chi connectivity index (χ1v) is 3.56. The van der Waals surface area contributed by atoms with Crippen molar-refractivity contribution >= 4 is 12.4 Å². The molecule has 3 nitrogen and oxygen atoms in total. The minimum Gasteiger partial charge on any atom is -0.396 e. The van der Waals surface area contributed by atoms with Crippen molar-refractivity contribution in [3.05, 3.63) is 0 Å². The molecule has 1 heterocycles. The standard InChI is InChI=1S/C7H14N2O/c1-8-4-5-9(7-8)3-2-6-10/h4-5,10H,2-3,6-7H2,1H3/q+2. The van der Waals surface area contributed by atoms with Crippen LogP contribution in [0.15, 0.2) is 0 Å². The van der Waals surface area contributed by atoms with Gasteiger partial charge < -0.3 is 5.11 Å². The summed E-state index contributed by atoms with van der Waals surface area (Å²) >= 11 is 0. The van der Waals surface area contributed by atoms with E-state index in [1.54, 1.807) is 0 Å². The quantitative estimate of drug-likeness (QED) is 0.510. The Bertz CT molecular complexity index is 172. The van der Waals surface area contributed by atoms with Crippen molar-refractivity contribution in [1.29, 1.82) is 0 Å². The van der Waals surface area contributed by atoms with Crippen LogP contribution in [0.25, 0.3) is 0 Å². The van der Waals surface area contributed by atoms with Crippen LogP contribution in [0.1, 0.15) is 6.42 Å². The summed E-state index contributed by atoms with van der Waals surface area (Å²) in [5.74, 6) is 0. The fraction of sp³-hybridized carbons (Fsp3) is 0.714. The van der Waals surface area contributed by atoms with Gasteiger partial charge in [0.05, 0.1) is 0 Å². The second-order valence-corrected chi connectivity index (χ2v) is 2.59. The molecule has 0 bridgehead atoms. The highest BCUT2D eigenvalue weighted by Crippen LogP contribution is 1.84. The van der Waals surface area contributed by atoms with E-state index < -0.39 is 0 Å². The topological polar surface area (TPSA) is 26.2 Å². The Morgan fingerprint density at radius 2 is 2.30 bits per heavy atom. The highest BCUT2D eigenvalue weighted by Gasteiger charge is 2.14. The summed E-state index contributed by atoms with van der Waals surface area (Å²) in [4.78, 5) is 0. The molecule has 0 saturated heterocycles. The average Bonchev–Trinajstić information content (AvgIpc) is 2.31. The van der Waals surface area contributed by atoms with Crippen molar-refractivity contribution in [2.45, 2.75) is 6.42 Å². The third-order valence-corrected chi connectivity index (χ3v) is 1.54. The van der Waals surface area contributed by atoms with E-state index in [2.05, 4.69) is 15.4 Å². The van der Waals surface area contributed by atoms with Gasteiger partial charge in [-0.05, 0) is 0 Å². The van der Waals surface area contributed by atoms with Crippen LogP contribution in [0.2, 0.25) is 0 Å². The molecule has 0 unspecified atom stereocenters. The lowest BCUT2D eigenvalue weighted by Crippen LogP contribution is -2.17. The zero-order valence-corrected chi connectivity index (χ0v) is 6.32. The maximum atomic E-state index is 8.53. The molecule has 1 N–H and O–H groups in total. The van der Waals surface area contributed by atoms with Crippen LogP contribution in [0, 0.1) is 0 Å². The molecule has 0 amide bonds. The predicted octanol–water partition coefficient (Wildman–Crippen LogP) is -0.864. The van der Waals surface area contributed by atoms with Gasteiger partial charge in [-0.1, -0.05) is 0 Å². The highest BCUT2D eigenvalue weighted by atomic mass is 16.3. The van der Waals surface area contributed by atoms with Gasteiger partial charge in [-0.15, -0.1) is 0 Å². The lowest BCUT2D eigenvalue weighted by Gasteiger charge is -1.92. The summed E-state index contributed by atoms with van der Waals surface area (Å²) in [6.07, 6.45) is 4.95. The Hall–Kier alpha value is -0.700. The van der Waals surface area contributed by atoms with Crippen LogP contribution in [0.3, 0.4) is 0 Å². The molecule has 10 heavy (non-hydrogen) atoms. The molecule has 0 spiro atoms. The summed E-state index contributed by atoms with van der Waals surface area (Å²) in [5.41, 5.74) is 0. The molecule has 0 aliphatic carbocycles. The van der Waals surface area contributed by atoms with Crippen molar-refractivity contribution in [1.82, 2.24) is 0 Å². The van der Waals surface area contributed by atoms with Crippen molar-refractivity contribution in [3.63, 3.8) is 0 Å². The molecule has 0 aromatic heterocycles. The smallest absolute Gasteiger partial charge is 0.334 e. The molecule has 0 aromatic rings. The van der Waals surface area contributed by atoms with Crippen LogP contribution in [0.4, 0.5) is 0 Å². The third-order valence-electron chi connectivity index (χ3n) is 1.54. The van der Waals surface area contributed by atoms with E-state index in [4.69, 9.17) is 5.11 Å². The van der Waals surface area contributed by atoms with Crippen LogP contribution >= 0.6 is 0 Å². The maximum Gasteiger partial charge on any atom is 0.334 e. The van der Waals surface area contributed by atoms with E-state index in [1.807, 2.05) is 13.3 Å². The van der Waals surface area contributed by atoms with Crippen molar-refractivity contribution < 1.29 is 14.3 Å². The monoisotopic (exact) mass is 142 g/mol. The molecule has 0 atom stereocenters. The predicted molar refractivity (Wildman–Crippen MR) is 40.0 cm³/mol. The van der Waals surface area contributed by atoms with E-state index in [0.717, 1.165) is 19.6 Å². The minimum absolute atomic E-state index is 0.286. The number of hydrogen-bond donors (Lipinski definition) is 1. The molecule has 0 aromatic carbocycles. The highest BCUT2D eigenvalue weighted by molar-refractivity contribution is 6.11. The van der Waals surface area contributed by atoms with Gasteiger partial charge in [-0.2, -0.15) is 9.15 Å².